The summed E-state index contributed by atoms with van der Waals surface area (Å²) < 4.78 is 113. The van der Waals surface area contributed by atoms with E-state index in [2.05, 4.69) is 0 Å². The SMILES string of the molecule is CC(=O)C(C(C)=O)C(=O)[O][Ti](=[O])([O-])([CH](C)C)[CH](C)C.CC(=O)C(C(C)=O)C(=O)[O][Ti](=[O])([O-])([CH](C)C)[CH](C)C.CC(=O)C(C(C)=O)C(=O)[O][Ti](=[O])([O-])([CH](C)C)[CH](C)C.CC(=O)C(C(C)=O)C(=O)[O][Ti](=[O])([O-])([CH](C)C)[CH](C)C.[Ti+4]. The first-order chi connectivity index (χ1) is 33.3. The van der Waals surface area contributed by atoms with Crippen molar-refractivity contribution in [2.24, 2.45) is 23.7 Å². The van der Waals surface area contributed by atoms with Gasteiger partial charge in [0.2, 0.25) is 0 Å². The van der Waals surface area contributed by atoms with Crippen LogP contribution in [0.1, 0.15) is 166 Å². The third-order valence-electron chi connectivity index (χ3n) is 13.7. The van der Waals surface area contributed by atoms with Gasteiger partial charge in [0.15, 0.2) is 0 Å². The Kier molecular flexibility index (Phi) is 32.9. The third-order valence-corrected chi connectivity index (χ3v) is 43.5. The number of Topliss-reactive ketones (excluding diaryl/α,β-unsaturated/α-hetero) is 8. The Morgan fingerprint density at radius 1 is 0.247 bits per heavy atom. The van der Waals surface area contributed by atoms with Crippen LogP contribution in [0, 0.1) is 23.7 Å². The molecule has 0 aromatic heterocycles. The maximum atomic E-state index is 12.6. The quantitative estimate of drug-likeness (QED) is 0.0923. The Morgan fingerprint density at radius 3 is 0.377 bits per heavy atom. The van der Waals surface area contributed by atoms with Gasteiger partial charge in [-0.05, 0) is 0 Å². The summed E-state index contributed by atoms with van der Waals surface area (Å²) in [6, 6.07) is 0. The van der Waals surface area contributed by atoms with Crippen LogP contribution in [0.3, 0.4) is 0 Å². The summed E-state index contributed by atoms with van der Waals surface area (Å²) in [5.41, 5.74) is 0. The fraction of sp³-hybridized carbons (Fsp3) is 0.750. The van der Waals surface area contributed by atoms with Crippen LogP contribution in [0.2, 0.25) is 33.8 Å². The second-order valence-corrected chi connectivity index (χ2v) is 51.8. The van der Waals surface area contributed by atoms with Crippen LogP contribution in [0.5, 0.6) is 0 Å². The van der Waals surface area contributed by atoms with E-state index in [-0.39, 0.29) is 21.7 Å². The second kappa shape index (κ2) is 30.2. The molecule has 0 atom stereocenters. The summed E-state index contributed by atoms with van der Waals surface area (Å²) in [5, 5.41) is 0. The van der Waals surface area contributed by atoms with Crippen molar-refractivity contribution in [3.8, 4) is 0 Å². The predicted octanol–water partition coefficient (Wildman–Crippen LogP) is 4.82. The first-order valence-corrected chi connectivity index (χ1v) is 39.6. The molecule has 0 unspecified atom stereocenters. The zero-order valence-corrected chi connectivity index (χ0v) is 57.0. The van der Waals surface area contributed by atoms with Crippen molar-refractivity contribution in [3.05, 3.63) is 0 Å². The molecule has 0 aromatic rings. The van der Waals surface area contributed by atoms with Gasteiger partial charge < -0.3 is 0 Å². The zero-order chi connectivity index (χ0) is 62.5. The topological polar surface area (TPSA) is 402 Å². The minimum absolute atomic E-state index is 0. The number of hydrogen-bond acceptors (Lipinski definition) is 24. The van der Waals surface area contributed by atoms with Crippen molar-refractivity contribution in [1.29, 1.82) is 0 Å². The van der Waals surface area contributed by atoms with E-state index in [1.54, 1.807) is 0 Å². The molecule has 0 saturated heterocycles. The van der Waals surface area contributed by atoms with E-state index in [9.17, 15) is 85.6 Å². The van der Waals surface area contributed by atoms with E-state index in [1.807, 2.05) is 0 Å². The van der Waals surface area contributed by atoms with E-state index in [1.165, 1.54) is 111 Å². The molecule has 0 rings (SSSR count). The second-order valence-electron chi connectivity index (χ2n) is 22.0. The van der Waals surface area contributed by atoms with Gasteiger partial charge in [-0.1, -0.05) is 0 Å². The molecule has 0 amide bonds. The smallest absolute Gasteiger partial charge is 4.00 e. The van der Waals surface area contributed by atoms with Gasteiger partial charge in [-0.25, -0.2) is 0 Å². The number of carbonyl (C=O) groups is 12. The van der Waals surface area contributed by atoms with Crippen LogP contribution in [-0.4, -0.2) is 70.1 Å². The molecule has 0 N–H and O–H groups in total. The molecule has 0 aromatic carbocycles. The molecular weight excluding hydrogens is 1200 g/mol. The summed E-state index contributed by atoms with van der Waals surface area (Å²) >= 11 is -24.1. The van der Waals surface area contributed by atoms with E-state index < -0.39 is 192 Å². The summed E-state index contributed by atoms with van der Waals surface area (Å²) in [4.78, 5) is 137. The molecule has 0 saturated carbocycles. The first-order valence-electron chi connectivity index (χ1n) is 24.7. The molecule has 77 heavy (non-hydrogen) atoms. The van der Waals surface area contributed by atoms with Crippen LogP contribution < -0.4 is 14.8 Å². The van der Waals surface area contributed by atoms with E-state index in [4.69, 9.17) is 13.3 Å². The summed E-state index contributed by atoms with van der Waals surface area (Å²) in [5.74, 6) is -17.6. The van der Waals surface area contributed by atoms with Gasteiger partial charge in [0.05, 0.1) is 0 Å². The van der Waals surface area contributed by atoms with Crippen LogP contribution in [-0.2, 0) is 170 Å². The minimum atomic E-state index is -6.02. The normalized spacial score (nSPS) is 12.8. The van der Waals surface area contributed by atoms with Gasteiger partial charge in [0, 0.05) is 0 Å². The molecular formula is C48H84O24Ti5. The van der Waals surface area contributed by atoms with Crippen LogP contribution in [0.4, 0.5) is 0 Å². The average Bonchev–Trinajstić information content (AvgIpc) is 3.16. The van der Waals surface area contributed by atoms with E-state index in [0.717, 1.165) is 55.4 Å². The minimum Gasteiger partial charge on any atom is 4.00 e. The van der Waals surface area contributed by atoms with Crippen molar-refractivity contribution in [2.45, 2.75) is 200 Å². The van der Waals surface area contributed by atoms with Crippen molar-refractivity contribution < 1.29 is 185 Å². The van der Waals surface area contributed by atoms with Crippen molar-refractivity contribution >= 4 is 70.1 Å². The molecule has 0 spiro atoms. The van der Waals surface area contributed by atoms with Gasteiger partial charge in [-0.15, -0.1) is 0 Å². The molecule has 0 aliphatic heterocycles. The molecule has 0 heterocycles. The zero-order valence-electron chi connectivity index (χ0n) is 49.2. The third kappa shape index (κ3) is 21.3. The summed E-state index contributed by atoms with van der Waals surface area (Å²) in [6.45, 7) is 31.1. The Bertz CT molecular complexity index is 2100. The predicted molar refractivity (Wildman–Crippen MR) is 247 cm³/mol. The molecule has 0 aliphatic rings. The Labute approximate surface area is 474 Å². The number of carbonyl (C=O) groups excluding carboxylic acids is 12. The maximum absolute atomic E-state index is 12.6. The van der Waals surface area contributed by atoms with Gasteiger partial charge >= 0.3 is 479 Å². The molecule has 24 nitrogen and oxygen atoms in total. The standard InChI is InChI=1S/4C6H8O4.8C3H7.8O.5Ti/c4*1-3(7)5(4(2)8)6(9)10;8*1-3-2;;;;;;;;;;;;;/h4*5H,1-2H3,(H,9,10);8*3H,1-2H3;;;;;;;;;;;;;/q;;;;;;;;;;;;;;;;4*-1;4*+1;+4/p-4. The molecule has 29 heteroatoms. The fourth-order valence-corrected chi connectivity index (χ4v) is 21.6. The van der Waals surface area contributed by atoms with E-state index >= 15 is 0 Å². The first kappa shape index (κ1) is 83.7. The summed E-state index contributed by atoms with van der Waals surface area (Å²) in [6.07, 6.45) is 0. The Balaban J connectivity index is -0.000000298. The number of hydrogen-bond donors (Lipinski definition) is 0. The average molecular weight is 1280 g/mol. The van der Waals surface area contributed by atoms with Crippen LogP contribution in [0.25, 0.3) is 0 Å². The Hall–Kier alpha value is -2.15. The van der Waals surface area contributed by atoms with Gasteiger partial charge in [0.25, 0.3) is 0 Å². The number of ketones is 8. The van der Waals surface area contributed by atoms with Gasteiger partial charge in [-0.2, -0.15) is 0 Å². The van der Waals surface area contributed by atoms with E-state index in [0.29, 0.717) is 0 Å². The molecule has 0 bridgehead atoms. The molecule has 0 radical (unpaired) electrons. The van der Waals surface area contributed by atoms with Gasteiger partial charge in [0.1, 0.15) is 0 Å². The van der Waals surface area contributed by atoms with Crippen molar-refractivity contribution in [1.82, 2.24) is 0 Å². The van der Waals surface area contributed by atoms with Gasteiger partial charge in [-0.3, -0.25) is 0 Å². The molecule has 0 aliphatic carbocycles. The monoisotopic (exact) mass is 1280 g/mol. The maximum Gasteiger partial charge on any atom is 4.00 e. The summed E-state index contributed by atoms with van der Waals surface area (Å²) in [7, 11) is 0. The molecule has 440 valence electrons. The largest absolute Gasteiger partial charge is 4.00 e. The Morgan fingerprint density at radius 2 is 0.325 bits per heavy atom. The number of rotatable bonds is 24. The van der Waals surface area contributed by atoms with Crippen molar-refractivity contribution in [3.63, 3.8) is 0 Å². The van der Waals surface area contributed by atoms with Crippen LogP contribution in [0.15, 0.2) is 0 Å². The fourth-order valence-electron chi connectivity index (χ4n) is 7.11. The van der Waals surface area contributed by atoms with Crippen molar-refractivity contribution in [2.75, 3.05) is 0 Å². The molecule has 0 fully saturated rings. The van der Waals surface area contributed by atoms with Crippen LogP contribution >= 0.6 is 0 Å².